The zero-order valence-electron chi connectivity index (χ0n) is 15.2. The van der Waals surface area contributed by atoms with Crippen molar-refractivity contribution >= 4 is 11.7 Å². The molecule has 2 heterocycles. The van der Waals surface area contributed by atoms with Crippen LogP contribution in [0.15, 0.2) is 17.1 Å². The number of nitriles is 1. The summed E-state index contributed by atoms with van der Waals surface area (Å²) in [6, 6.07) is 3.31. The van der Waals surface area contributed by atoms with Crippen LogP contribution in [0.3, 0.4) is 0 Å². The fourth-order valence-corrected chi connectivity index (χ4v) is 2.53. The lowest BCUT2D eigenvalue weighted by atomic mass is 10.1. The summed E-state index contributed by atoms with van der Waals surface area (Å²) in [5.74, 6) is -0.311. The van der Waals surface area contributed by atoms with Crippen molar-refractivity contribution in [1.82, 2.24) is 9.55 Å². The Morgan fingerprint density at radius 3 is 2.89 bits per heavy atom. The molecule has 1 saturated heterocycles. The predicted molar refractivity (Wildman–Crippen MR) is 91.7 cm³/mol. The minimum atomic E-state index is -1.22. The standard InChI is InChI=1S/C16H22N4O8/c1-10(22)18-12-3-5-20(16(24)19-12)15-14(13(23)11(7-21)28-15)27-9-26-8-25-6-2-4-17/h3,5,11,13-15,21,23H,2,6-9H2,1H3,(H,18,19,22,24)/t11-,13-,14-,15-/m1/s1. The van der Waals surface area contributed by atoms with Gasteiger partial charge in [-0.25, -0.2) is 4.79 Å². The van der Waals surface area contributed by atoms with Crippen LogP contribution in [0.4, 0.5) is 5.82 Å². The molecule has 0 unspecified atom stereocenters. The number of rotatable bonds is 10. The average Bonchev–Trinajstić information content (AvgIpc) is 2.96. The van der Waals surface area contributed by atoms with Crippen molar-refractivity contribution in [1.29, 1.82) is 5.26 Å². The maximum atomic E-state index is 12.3. The maximum Gasteiger partial charge on any atom is 0.351 e. The molecule has 1 aliphatic heterocycles. The minimum Gasteiger partial charge on any atom is -0.394 e. The molecule has 1 aromatic heterocycles. The van der Waals surface area contributed by atoms with Gasteiger partial charge in [0.05, 0.1) is 25.7 Å². The molecule has 12 nitrogen and oxygen atoms in total. The van der Waals surface area contributed by atoms with Crippen molar-refractivity contribution in [3.8, 4) is 6.07 Å². The van der Waals surface area contributed by atoms with Gasteiger partial charge in [0.2, 0.25) is 5.91 Å². The lowest BCUT2D eigenvalue weighted by Gasteiger charge is -2.22. The van der Waals surface area contributed by atoms with E-state index in [0.717, 1.165) is 4.57 Å². The van der Waals surface area contributed by atoms with Crippen molar-refractivity contribution < 1.29 is 34.0 Å². The number of aliphatic hydroxyl groups excluding tert-OH is 2. The highest BCUT2D eigenvalue weighted by molar-refractivity contribution is 5.87. The topological polar surface area (TPSA) is 165 Å². The van der Waals surface area contributed by atoms with Gasteiger partial charge in [-0.1, -0.05) is 0 Å². The van der Waals surface area contributed by atoms with Crippen LogP contribution < -0.4 is 11.0 Å². The minimum absolute atomic E-state index is 0.0707. The zero-order chi connectivity index (χ0) is 20.5. The van der Waals surface area contributed by atoms with E-state index in [2.05, 4.69) is 10.3 Å². The van der Waals surface area contributed by atoms with Crippen LogP contribution >= 0.6 is 0 Å². The quantitative estimate of drug-likeness (QED) is 0.318. The van der Waals surface area contributed by atoms with Gasteiger partial charge in [-0.05, 0) is 6.07 Å². The van der Waals surface area contributed by atoms with E-state index in [1.807, 2.05) is 6.07 Å². The molecular formula is C16H22N4O8. The van der Waals surface area contributed by atoms with Crippen LogP contribution in [0, 0.1) is 11.3 Å². The molecule has 0 aromatic carbocycles. The Bertz CT molecular complexity index is 749. The van der Waals surface area contributed by atoms with Gasteiger partial charge in [-0.15, -0.1) is 0 Å². The maximum absolute atomic E-state index is 12.3. The van der Waals surface area contributed by atoms with Gasteiger partial charge < -0.3 is 34.5 Å². The Labute approximate surface area is 160 Å². The monoisotopic (exact) mass is 398 g/mol. The van der Waals surface area contributed by atoms with Crippen LogP contribution in [-0.4, -0.2) is 70.8 Å². The lowest BCUT2D eigenvalue weighted by Crippen LogP contribution is -2.38. The average molecular weight is 398 g/mol. The number of aromatic nitrogens is 2. The summed E-state index contributed by atoms with van der Waals surface area (Å²) in [6.07, 6.45) is -2.72. The number of aliphatic hydroxyl groups is 2. The molecule has 1 amide bonds. The normalized spacial score (nSPS) is 24.1. The molecule has 3 N–H and O–H groups in total. The summed E-state index contributed by atoms with van der Waals surface area (Å²) >= 11 is 0. The third-order valence-corrected chi connectivity index (χ3v) is 3.77. The molecule has 2 rings (SSSR count). The molecule has 4 atom stereocenters. The summed E-state index contributed by atoms with van der Waals surface area (Å²) < 4.78 is 22.2. The molecule has 0 aliphatic carbocycles. The van der Waals surface area contributed by atoms with Crippen LogP contribution in [0.2, 0.25) is 0 Å². The number of carbonyl (C=O) groups is 1. The summed E-state index contributed by atoms with van der Waals surface area (Å²) in [5, 5.41) is 30.4. The number of nitrogens with one attached hydrogen (secondary N) is 1. The fraction of sp³-hybridized carbons (Fsp3) is 0.625. The molecule has 28 heavy (non-hydrogen) atoms. The van der Waals surface area contributed by atoms with E-state index in [4.69, 9.17) is 24.2 Å². The highest BCUT2D eigenvalue weighted by atomic mass is 16.7. The molecule has 1 aliphatic rings. The van der Waals surface area contributed by atoms with Crippen molar-refractivity contribution in [3.05, 3.63) is 22.7 Å². The van der Waals surface area contributed by atoms with Gasteiger partial charge in [0.1, 0.15) is 37.7 Å². The van der Waals surface area contributed by atoms with Gasteiger partial charge in [0.25, 0.3) is 0 Å². The van der Waals surface area contributed by atoms with Gasteiger partial charge >= 0.3 is 5.69 Å². The Hall–Kier alpha value is -2.40. The van der Waals surface area contributed by atoms with Crippen LogP contribution in [0.5, 0.6) is 0 Å². The summed E-state index contributed by atoms with van der Waals surface area (Å²) in [5.41, 5.74) is -0.739. The van der Waals surface area contributed by atoms with Crippen molar-refractivity contribution in [2.75, 3.05) is 32.1 Å². The first-order chi connectivity index (χ1) is 13.5. The molecule has 0 bridgehead atoms. The largest absolute Gasteiger partial charge is 0.394 e. The molecule has 0 radical (unpaired) electrons. The van der Waals surface area contributed by atoms with Crippen molar-refractivity contribution in [2.45, 2.75) is 37.9 Å². The van der Waals surface area contributed by atoms with Crippen molar-refractivity contribution in [2.24, 2.45) is 0 Å². The Morgan fingerprint density at radius 1 is 1.46 bits per heavy atom. The Morgan fingerprint density at radius 2 is 2.25 bits per heavy atom. The molecule has 12 heteroatoms. The third-order valence-electron chi connectivity index (χ3n) is 3.77. The fourth-order valence-electron chi connectivity index (χ4n) is 2.53. The van der Waals surface area contributed by atoms with Crippen molar-refractivity contribution in [3.63, 3.8) is 0 Å². The number of hydrogen-bond donors (Lipinski definition) is 3. The highest BCUT2D eigenvalue weighted by Crippen LogP contribution is 2.30. The number of amides is 1. The number of anilines is 1. The first-order valence-corrected chi connectivity index (χ1v) is 8.43. The third kappa shape index (κ3) is 5.80. The number of carbonyl (C=O) groups excluding carboxylic acids is 1. The van der Waals surface area contributed by atoms with E-state index >= 15 is 0 Å². The van der Waals surface area contributed by atoms with E-state index in [1.54, 1.807) is 0 Å². The smallest absolute Gasteiger partial charge is 0.351 e. The van der Waals surface area contributed by atoms with E-state index in [0.29, 0.717) is 0 Å². The zero-order valence-corrected chi connectivity index (χ0v) is 15.2. The molecule has 154 valence electrons. The molecule has 0 saturated carbocycles. The highest BCUT2D eigenvalue weighted by Gasteiger charge is 2.45. The van der Waals surface area contributed by atoms with E-state index in [1.165, 1.54) is 19.2 Å². The number of ether oxygens (including phenoxy) is 4. The second kappa shape index (κ2) is 10.8. The molecular weight excluding hydrogens is 376 g/mol. The first kappa shape index (κ1) is 21.9. The molecule has 1 aromatic rings. The van der Waals surface area contributed by atoms with Crippen LogP contribution in [0.1, 0.15) is 19.6 Å². The SMILES string of the molecule is CC(=O)Nc1ccn([C@@H]2O[C@H](CO)[C@@H](O)[C@H]2OCOCOCCC#N)c(=O)n1. The lowest BCUT2D eigenvalue weighted by molar-refractivity contribution is -0.175. The summed E-state index contributed by atoms with van der Waals surface area (Å²) in [4.78, 5) is 27.1. The Balaban J connectivity index is 2.03. The van der Waals surface area contributed by atoms with Gasteiger partial charge in [0.15, 0.2) is 6.23 Å². The van der Waals surface area contributed by atoms with E-state index < -0.39 is 36.8 Å². The number of hydrogen-bond acceptors (Lipinski definition) is 10. The van der Waals surface area contributed by atoms with E-state index in [9.17, 15) is 19.8 Å². The second-order valence-electron chi connectivity index (χ2n) is 5.81. The first-order valence-electron chi connectivity index (χ1n) is 8.43. The van der Waals surface area contributed by atoms with Gasteiger partial charge in [0, 0.05) is 13.1 Å². The molecule has 0 spiro atoms. The van der Waals surface area contributed by atoms with Crippen LogP contribution in [-0.2, 0) is 23.7 Å². The summed E-state index contributed by atoms with van der Waals surface area (Å²) in [7, 11) is 0. The van der Waals surface area contributed by atoms with Gasteiger partial charge in [-0.2, -0.15) is 10.2 Å². The van der Waals surface area contributed by atoms with Crippen LogP contribution in [0.25, 0.3) is 0 Å². The number of nitrogens with zero attached hydrogens (tertiary/aromatic N) is 3. The second-order valence-corrected chi connectivity index (χ2v) is 5.81. The summed E-state index contributed by atoms with van der Waals surface area (Å²) in [6.45, 7) is 0.610. The predicted octanol–water partition coefficient (Wildman–Crippen LogP) is -1.30. The van der Waals surface area contributed by atoms with E-state index in [-0.39, 0.29) is 38.3 Å². The molecule has 1 fully saturated rings. The van der Waals surface area contributed by atoms with Gasteiger partial charge in [-0.3, -0.25) is 9.36 Å². The Kier molecular flexibility index (Phi) is 8.45.